The molecule has 0 bridgehead atoms. The Bertz CT molecular complexity index is 379. The highest BCUT2D eigenvalue weighted by atomic mass is 19.4. The summed E-state index contributed by atoms with van der Waals surface area (Å²) >= 11 is 0. The van der Waals surface area contributed by atoms with Crippen LogP contribution in [0.25, 0.3) is 0 Å². The zero-order chi connectivity index (χ0) is 14.1. The van der Waals surface area contributed by atoms with E-state index in [1.54, 1.807) is 5.32 Å². The molecule has 0 aliphatic rings. The maximum absolute atomic E-state index is 11.8. The van der Waals surface area contributed by atoms with Crippen LogP contribution in [0.5, 0.6) is 0 Å². The van der Waals surface area contributed by atoms with Crippen molar-refractivity contribution in [1.29, 1.82) is 0 Å². The molecule has 0 heterocycles. The third kappa shape index (κ3) is 8.20. The third-order valence-corrected chi connectivity index (χ3v) is 2.43. The number of amides is 1. The molecule has 0 unspecified atom stereocenters. The zero-order valence-corrected chi connectivity index (χ0v) is 10.5. The van der Waals surface area contributed by atoms with Crippen LogP contribution in [0.3, 0.4) is 0 Å². The number of benzene rings is 1. The van der Waals surface area contributed by atoms with Crippen LogP contribution in [0.2, 0.25) is 0 Å². The zero-order valence-electron chi connectivity index (χ0n) is 10.5. The summed E-state index contributed by atoms with van der Waals surface area (Å²) < 4.78 is 35.4. The van der Waals surface area contributed by atoms with Crippen molar-refractivity contribution in [2.24, 2.45) is 0 Å². The highest BCUT2D eigenvalue weighted by Gasteiger charge is 2.27. The van der Waals surface area contributed by atoms with Crippen molar-refractivity contribution in [3.05, 3.63) is 35.9 Å². The van der Waals surface area contributed by atoms with E-state index in [-0.39, 0.29) is 6.54 Å². The van der Waals surface area contributed by atoms with Crippen molar-refractivity contribution in [2.75, 3.05) is 19.6 Å². The summed E-state index contributed by atoms with van der Waals surface area (Å²) in [6.45, 7) is -0.781. The Morgan fingerprint density at radius 2 is 1.84 bits per heavy atom. The van der Waals surface area contributed by atoms with Gasteiger partial charge in [0.1, 0.15) is 6.54 Å². The van der Waals surface area contributed by atoms with Gasteiger partial charge >= 0.3 is 6.18 Å². The van der Waals surface area contributed by atoms with Gasteiger partial charge in [0, 0.05) is 0 Å². The molecule has 0 aromatic heterocycles. The fraction of sp³-hybridized carbons (Fsp3) is 0.462. The normalized spacial score (nSPS) is 11.3. The fourth-order valence-corrected chi connectivity index (χ4v) is 1.53. The molecular formula is C13H17F3N2O. The maximum Gasteiger partial charge on any atom is 0.405 e. The fourth-order valence-electron chi connectivity index (χ4n) is 1.53. The Hall–Kier alpha value is -1.56. The van der Waals surface area contributed by atoms with Crippen molar-refractivity contribution in [2.45, 2.75) is 19.0 Å². The minimum Gasteiger partial charge on any atom is -0.346 e. The van der Waals surface area contributed by atoms with Crippen LogP contribution in [0.4, 0.5) is 13.2 Å². The van der Waals surface area contributed by atoms with Gasteiger partial charge in [0.25, 0.3) is 0 Å². The molecule has 0 atom stereocenters. The van der Waals surface area contributed by atoms with Crippen LogP contribution in [0.15, 0.2) is 30.3 Å². The molecule has 0 saturated carbocycles. The third-order valence-electron chi connectivity index (χ3n) is 2.43. The Morgan fingerprint density at radius 3 is 2.47 bits per heavy atom. The Balaban J connectivity index is 2.03. The van der Waals surface area contributed by atoms with Crippen LogP contribution < -0.4 is 10.6 Å². The summed E-state index contributed by atoms with van der Waals surface area (Å²) in [5, 5.41) is 4.62. The lowest BCUT2D eigenvalue weighted by molar-refractivity contribution is -0.137. The van der Waals surface area contributed by atoms with E-state index in [0.717, 1.165) is 12.8 Å². The lowest BCUT2D eigenvalue weighted by Gasteiger charge is -2.09. The van der Waals surface area contributed by atoms with Crippen molar-refractivity contribution < 1.29 is 18.0 Å². The summed E-state index contributed by atoms with van der Waals surface area (Å²) in [5.41, 5.74) is 1.20. The molecule has 0 spiro atoms. The average molecular weight is 274 g/mol. The first-order chi connectivity index (χ1) is 8.97. The predicted octanol–water partition coefficient (Wildman–Crippen LogP) is 1.89. The average Bonchev–Trinajstić information content (AvgIpc) is 2.36. The van der Waals surface area contributed by atoms with E-state index in [4.69, 9.17) is 0 Å². The van der Waals surface area contributed by atoms with Gasteiger partial charge in [0.05, 0.1) is 6.54 Å². The largest absolute Gasteiger partial charge is 0.405 e. The first-order valence-electron chi connectivity index (χ1n) is 6.05. The second kappa shape index (κ2) is 7.78. The molecule has 0 aliphatic heterocycles. The monoisotopic (exact) mass is 274 g/mol. The molecular weight excluding hydrogens is 257 g/mol. The van der Waals surface area contributed by atoms with E-state index < -0.39 is 18.6 Å². The molecule has 1 rings (SSSR count). The van der Waals surface area contributed by atoms with Gasteiger partial charge in [-0.3, -0.25) is 4.79 Å². The van der Waals surface area contributed by atoms with Crippen molar-refractivity contribution >= 4 is 5.91 Å². The molecule has 1 amide bonds. The molecule has 106 valence electrons. The molecule has 1 aromatic rings. The standard InChI is InChI=1S/C13H17F3N2O/c14-13(15,16)10-18-12(19)9-17-8-4-7-11-5-2-1-3-6-11/h1-3,5-6,17H,4,7-10H2,(H,18,19). The quantitative estimate of drug-likeness (QED) is 0.745. The molecule has 19 heavy (non-hydrogen) atoms. The van der Waals surface area contributed by atoms with Gasteiger partial charge in [-0.2, -0.15) is 13.2 Å². The number of aryl methyl sites for hydroxylation is 1. The van der Waals surface area contributed by atoms with Gasteiger partial charge in [-0.1, -0.05) is 30.3 Å². The Morgan fingerprint density at radius 1 is 1.16 bits per heavy atom. The van der Waals surface area contributed by atoms with Crippen LogP contribution >= 0.6 is 0 Å². The molecule has 0 fully saturated rings. The smallest absolute Gasteiger partial charge is 0.346 e. The van der Waals surface area contributed by atoms with E-state index in [1.165, 1.54) is 5.56 Å². The van der Waals surface area contributed by atoms with E-state index in [2.05, 4.69) is 5.32 Å². The number of rotatable bonds is 7. The first kappa shape index (κ1) is 15.5. The van der Waals surface area contributed by atoms with E-state index in [9.17, 15) is 18.0 Å². The van der Waals surface area contributed by atoms with Gasteiger partial charge in [0.15, 0.2) is 0 Å². The second-order valence-electron chi connectivity index (χ2n) is 4.16. The molecule has 2 N–H and O–H groups in total. The summed E-state index contributed by atoms with van der Waals surface area (Å²) in [4.78, 5) is 11.0. The Labute approximate surface area is 110 Å². The van der Waals surface area contributed by atoms with Crippen molar-refractivity contribution in [3.63, 3.8) is 0 Å². The van der Waals surface area contributed by atoms with Crippen LogP contribution in [-0.2, 0) is 11.2 Å². The number of hydrogen-bond acceptors (Lipinski definition) is 2. The molecule has 3 nitrogen and oxygen atoms in total. The SMILES string of the molecule is O=C(CNCCCc1ccccc1)NCC(F)(F)F. The van der Waals surface area contributed by atoms with Gasteiger partial charge in [-0.25, -0.2) is 0 Å². The highest BCUT2D eigenvalue weighted by molar-refractivity contribution is 5.77. The van der Waals surface area contributed by atoms with E-state index >= 15 is 0 Å². The molecule has 0 saturated heterocycles. The summed E-state index contributed by atoms with van der Waals surface area (Å²) in [5.74, 6) is -0.642. The lowest BCUT2D eigenvalue weighted by Crippen LogP contribution is -2.39. The number of halogens is 3. The van der Waals surface area contributed by atoms with E-state index in [1.807, 2.05) is 30.3 Å². The number of nitrogens with one attached hydrogen (secondary N) is 2. The molecule has 1 aromatic carbocycles. The van der Waals surface area contributed by atoms with Gasteiger partial charge in [-0.05, 0) is 24.9 Å². The van der Waals surface area contributed by atoms with Crippen LogP contribution in [0, 0.1) is 0 Å². The summed E-state index contributed by atoms with van der Waals surface area (Å²) in [7, 11) is 0. The van der Waals surface area contributed by atoms with Gasteiger partial charge < -0.3 is 10.6 Å². The van der Waals surface area contributed by atoms with Crippen molar-refractivity contribution in [1.82, 2.24) is 10.6 Å². The first-order valence-corrected chi connectivity index (χ1v) is 6.05. The lowest BCUT2D eigenvalue weighted by atomic mass is 10.1. The highest BCUT2D eigenvalue weighted by Crippen LogP contribution is 2.11. The number of alkyl halides is 3. The van der Waals surface area contributed by atoms with Gasteiger partial charge in [0.2, 0.25) is 5.91 Å². The summed E-state index contributed by atoms with van der Waals surface area (Å²) in [6, 6.07) is 9.86. The number of hydrogen-bond donors (Lipinski definition) is 2. The number of carbonyl (C=O) groups is 1. The topological polar surface area (TPSA) is 41.1 Å². The van der Waals surface area contributed by atoms with Crippen LogP contribution in [0.1, 0.15) is 12.0 Å². The minimum atomic E-state index is -4.36. The molecule has 0 aliphatic carbocycles. The Kier molecular flexibility index (Phi) is 6.35. The maximum atomic E-state index is 11.8. The van der Waals surface area contributed by atoms with E-state index in [0.29, 0.717) is 6.54 Å². The van der Waals surface area contributed by atoms with Crippen molar-refractivity contribution in [3.8, 4) is 0 Å². The molecule has 0 radical (unpaired) electrons. The summed E-state index contributed by atoms with van der Waals surface area (Å²) in [6.07, 6.45) is -2.66. The van der Waals surface area contributed by atoms with Crippen LogP contribution in [-0.4, -0.2) is 31.7 Å². The minimum absolute atomic E-state index is 0.0924. The number of carbonyl (C=O) groups excluding carboxylic acids is 1. The second-order valence-corrected chi connectivity index (χ2v) is 4.16. The predicted molar refractivity (Wildman–Crippen MR) is 66.7 cm³/mol. The molecule has 6 heteroatoms. The van der Waals surface area contributed by atoms with Gasteiger partial charge in [-0.15, -0.1) is 0 Å².